The van der Waals surface area contributed by atoms with Crippen LogP contribution in [0.1, 0.15) is 31.9 Å². The van der Waals surface area contributed by atoms with Gasteiger partial charge in [0, 0.05) is 6.08 Å². The van der Waals surface area contributed by atoms with Gasteiger partial charge in [0.2, 0.25) is 0 Å². The van der Waals surface area contributed by atoms with Gasteiger partial charge in [-0.15, -0.1) is 17.9 Å². The van der Waals surface area contributed by atoms with E-state index in [2.05, 4.69) is 12.1 Å². The normalized spacial score (nSPS) is 12.2. The van der Waals surface area contributed by atoms with Crippen molar-refractivity contribution in [3.05, 3.63) is 48.0 Å². The minimum atomic E-state index is -0.551. The molecule has 0 amide bonds. The fourth-order valence-electron chi connectivity index (χ4n) is 1.90. The number of hydrogen-bond donors (Lipinski definition) is 2. The standard InChI is InChI=1S/C15H21NO3.ClH/c1-5-14(18)19-16-15(3,4)13-9-7-6-8-12(13)10-11(2)17;/h5-9,11,16-17H,1,10H2,2-4H3;1H. The summed E-state index contributed by atoms with van der Waals surface area (Å²) >= 11 is 0. The first-order chi connectivity index (χ1) is 8.86. The molecule has 0 aliphatic heterocycles. The predicted molar refractivity (Wildman–Crippen MR) is 81.5 cm³/mol. The Bertz CT molecular complexity index is 458. The molecule has 1 aromatic rings. The number of rotatable bonds is 6. The van der Waals surface area contributed by atoms with Gasteiger partial charge in [-0.05, 0) is 38.3 Å². The third-order valence-electron chi connectivity index (χ3n) is 2.78. The van der Waals surface area contributed by atoms with Crippen LogP contribution in [0, 0.1) is 0 Å². The molecule has 0 aromatic heterocycles. The quantitative estimate of drug-likeness (QED) is 0.626. The molecule has 2 N–H and O–H groups in total. The van der Waals surface area contributed by atoms with Crippen LogP contribution < -0.4 is 5.48 Å². The lowest BCUT2D eigenvalue weighted by Gasteiger charge is -2.28. The summed E-state index contributed by atoms with van der Waals surface area (Å²) in [6, 6.07) is 7.75. The van der Waals surface area contributed by atoms with Gasteiger partial charge in [0.25, 0.3) is 0 Å². The molecule has 1 rings (SSSR count). The monoisotopic (exact) mass is 299 g/mol. The Kier molecular flexibility index (Phi) is 7.50. The van der Waals surface area contributed by atoms with E-state index in [-0.39, 0.29) is 12.4 Å². The summed E-state index contributed by atoms with van der Waals surface area (Å²) in [5, 5.41) is 9.53. The van der Waals surface area contributed by atoms with Crippen molar-refractivity contribution in [1.29, 1.82) is 0 Å². The molecule has 1 aromatic carbocycles. The van der Waals surface area contributed by atoms with Crippen LogP contribution in [0.15, 0.2) is 36.9 Å². The molecule has 0 spiro atoms. The summed E-state index contributed by atoms with van der Waals surface area (Å²) in [5.41, 5.74) is 4.18. The van der Waals surface area contributed by atoms with E-state index in [1.807, 2.05) is 38.1 Å². The molecule has 0 fully saturated rings. The van der Waals surface area contributed by atoms with Crippen LogP contribution in [-0.2, 0) is 21.6 Å². The first-order valence-corrected chi connectivity index (χ1v) is 6.23. The molecule has 0 bridgehead atoms. The molecule has 5 heteroatoms. The van der Waals surface area contributed by atoms with E-state index in [0.29, 0.717) is 6.42 Å². The van der Waals surface area contributed by atoms with E-state index in [4.69, 9.17) is 4.84 Å². The van der Waals surface area contributed by atoms with E-state index < -0.39 is 17.6 Å². The molecule has 0 saturated carbocycles. The largest absolute Gasteiger partial charge is 0.393 e. The third-order valence-corrected chi connectivity index (χ3v) is 2.78. The number of aliphatic hydroxyl groups is 1. The lowest BCUT2D eigenvalue weighted by molar-refractivity contribution is -0.149. The smallest absolute Gasteiger partial charge is 0.348 e. The second-order valence-electron chi connectivity index (χ2n) is 5.06. The van der Waals surface area contributed by atoms with Crippen LogP contribution in [0.5, 0.6) is 0 Å². The third kappa shape index (κ3) is 5.33. The maximum atomic E-state index is 11.1. The average Bonchev–Trinajstić information content (AvgIpc) is 2.35. The molecular formula is C15H22ClNO3. The first kappa shape index (κ1) is 18.6. The van der Waals surface area contributed by atoms with Gasteiger partial charge in [-0.3, -0.25) is 0 Å². The Morgan fingerprint density at radius 1 is 1.50 bits per heavy atom. The fourth-order valence-corrected chi connectivity index (χ4v) is 1.90. The Morgan fingerprint density at radius 2 is 2.10 bits per heavy atom. The van der Waals surface area contributed by atoms with E-state index in [0.717, 1.165) is 17.2 Å². The van der Waals surface area contributed by atoms with Gasteiger partial charge < -0.3 is 9.94 Å². The van der Waals surface area contributed by atoms with Gasteiger partial charge in [-0.25, -0.2) is 4.79 Å². The molecule has 0 saturated heterocycles. The fraction of sp³-hybridized carbons (Fsp3) is 0.400. The zero-order valence-corrected chi connectivity index (χ0v) is 12.9. The van der Waals surface area contributed by atoms with Gasteiger partial charge in [0.15, 0.2) is 0 Å². The SMILES string of the molecule is C=CC(=O)ONC(C)(C)c1ccccc1CC(C)O.Cl. The van der Waals surface area contributed by atoms with Gasteiger partial charge in [-0.1, -0.05) is 30.8 Å². The Hall–Kier alpha value is -1.36. The van der Waals surface area contributed by atoms with Crippen LogP contribution in [0.3, 0.4) is 0 Å². The molecule has 1 atom stereocenters. The van der Waals surface area contributed by atoms with Crippen molar-refractivity contribution >= 4 is 18.4 Å². The number of nitrogens with one attached hydrogen (secondary N) is 1. The minimum Gasteiger partial charge on any atom is -0.393 e. The minimum absolute atomic E-state index is 0. The molecule has 1 unspecified atom stereocenters. The number of carbonyl (C=O) groups excluding carboxylic acids is 1. The predicted octanol–water partition coefficient (Wildman–Crippen LogP) is 2.50. The number of hydroxylamine groups is 1. The molecule has 0 aliphatic carbocycles. The van der Waals surface area contributed by atoms with Gasteiger partial charge >= 0.3 is 5.97 Å². The first-order valence-electron chi connectivity index (χ1n) is 6.23. The molecular weight excluding hydrogens is 278 g/mol. The van der Waals surface area contributed by atoms with Crippen molar-refractivity contribution < 1.29 is 14.7 Å². The second kappa shape index (κ2) is 8.04. The Labute approximate surface area is 126 Å². The average molecular weight is 300 g/mol. The summed E-state index contributed by atoms with van der Waals surface area (Å²) in [7, 11) is 0. The summed E-state index contributed by atoms with van der Waals surface area (Å²) < 4.78 is 0. The maximum Gasteiger partial charge on any atom is 0.348 e. The van der Waals surface area contributed by atoms with Gasteiger partial charge in [0.1, 0.15) is 0 Å². The number of aliphatic hydroxyl groups excluding tert-OH is 1. The van der Waals surface area contributed by atoms with E-state index in [1.54, 1.807) is 6.92 Å². The maximum absolute atomic E-state index is 11.1. The van der Waals surface area contributed by atoms with E-state index in [1.165, 1.54) is 0 Å². The second-order valence-corrected chi connectivity index (χ2v) is 5.06. The van der Waals surface area contributed by atoms with Gasteiger partial charge in [0.05, 0.1) is 11.6 Å². The molecule has 0 heterocycles. The van der Waals surface area contributed by atoms with Crippen LogP contribution in [0.2, 0.25) is 0 Å². The van der Waals surface area contributed by atoms with Crippen LogP contribution in [0.25, 0.3) is 0 Å². The molecule has 20 heavy (non-hydrogen) atoms. The highest BCUT2D eigenvalue weighted by atomic mass is 35.5. The number of hydrogen-bond acceptors (Lipinski definition) is 4. The van der Waals surface area contributed by atoms with Crippen molar-refractivity contribution in [2.45, 2.75) is 38.8 Å². The molecule has 0 aliphatic rings. The van der Waals surface area contributed by atoms with E-state index in [9.17, 15) is 9.90 Å². The lowest BCUT2D eigenvalue weighted by Crippen LogP contribution is -2.38. The molecule has 0 radical (unpaired) electrons. The number of benzene rings is 1. The van der Waals surface area contributed by atoms with Crippen molar-refractivity contribution in [2.75, 3.05) is 0 Å². The Morgan fingerprint density at radius 3 is 2.65 bits per heavy atom. The van der Waals surface area contributed by atoms with Gasteiger partial charge in [-0.2, -0.15) is 0 Å². The molecule has 112 valence electrons. The molecule has 4 nitrogen and oxygen atoms in total. The zero-order chi connectivity index (χ0) is 14.5. The number of carbonyl (C=O) groups is 1. The van der Waals surface area contributed by atoms with Crippen molar-refractivity contribution in [1.82, 2.24) is 5.48 Å². The highest BCUT2D eigenvalue weighted by Gasteiger charge is 2.25. The van der Waals surface area contributed by atoms with Crippen LogP contribution in [-0.4, -0.2) is 17.2 Å². The van der Waals surface area contributed by atoms with Crippen LogP contribution in [0.4, 0.5) is 0 Å². The van der Waals surface area contributed by atoms with Crippen LogP contribution >= 0.6 is 12.4 Å². The Balaban J connectivity index is 0.00000361. The summed E-state index contributed by atoms with van der Waals surface area (Å²) in [5.74, 6) is -0.527. The highest BCUT2D eigenvalue weighted by Crippen LogP contribution is 2.25. The number of halogens is 1. The van der Waals surface area contributed by atoms with Crippen molar-refractivity contribution in [3.63, 3.8) is 0 Å². The van der Waals surface area contributed by atoms with E-state index >= 15 is 0 Å². The van der Waals surface area contributed by atoms with Crippen molar-refractivity contribution in [3.8, 4) is 0 Å². The lowest BCUT2D eigenvalue weighted by atomic mass is 9.88. The topological polar surface area (TPSA) is 58.6 Å². The van der Waals surface area contributed by atoms with Crippen molar-refractivity contribution in [2.24, 2.45) is 0 Å². The summed E-state index contributed by atoms with van der Waals surface area (Å²) in [4.78, 5) is 16.0. The summed E-state index contributed by atoms with van der Waals surface area (Å²) in [6.07, 6.45) is 1.23. The zero-order valence-electron chi connectivity index (χ0n) is 12.1. The summed E-state index contributed by atoms with van der Waals surface area (Å²) in [6.45, 7) is 8.90. The highest BCUT2D eigenvalue weighted by molar-refractivity contribution is 5.85.